The Balaban J connectivity index is 2.86. The molecular weight excluding hydrogens is 204 g/mol. The van der Waals surface area contributed by atoms with Gasteiger partial charge in [0.25, 0.3) is 0 Å². The maximum atomic E-state index is 10.7. The number of methoxy groups -OCH3 is 1. The third-order valence-corrected chi connectivity index (χ3v) is 2.26. The first-order valence-electron chi connectivity index (χ1n) is 3.98. The molecule has 3 nitrogen and oxygen atoms in total. The number of ether oxygens (including phenoxy) is 1. The maximum absolute atomic E-state index is 10.7. The van der Waals surface area contributed by atoms with Crippen molar-refractivity contribution in [2.75, 3.05) is 7.11 Å². The van der Waals surface area contributed by atoms with Gasteiger partial charge in [-0.25, -0.2) is 0 Å². The number of halogens is 1. The molecule has 0 aliphatic carbocycles. The van der Waals surface area contributed by atoms with Crippen LogP contribution < -0.4 is 4.74 Å². The van der Waals surface area contributed by atoms with Crippen LogP contribution in [0.4, 0.5) is 0 Å². The third-order valence-electron chi connectivity index (χ3n) is 1.96. The molecule has 0 saturated heterocycles. The zero-order chi connectivity index (χ0) is 10.1. The summed E-state index contributed by atoms with van der Waals surface area (Å²) in [5, 5.41) is 1.18. The fourth-order valence-electron chi connectivity index (χ4n) is 1.37. The number of hydrogen-bond acceptors (Lipinski definition) is 3. The first-order valence-corrected chi connectivity index (χ1v) is 4.36. The SMILES string of the molecule is COc1c(C=O)oc2c(Cl)cccc12. The smallest absolute Gasteiger partial charge is 0.209 e. The van der Waals surface area contributed by atoms with E-state index in [-0.39, 0.29) is 5.76 Å². The first-order chi connectivity index (χ1) is 6.77. The van der Waals surface area contributed by atoms with Gasteiger partial charge in [0.05, 0.1) is 17.5 Å². The zero-order valence-corrected chi connectivity index (χ0v) is 8.17. The lowest BCUT2D eigenvalue weighted by atomic mass is 10.2. The van der Waals surface area contributed by atoms with E-state index in [9.17, 15) is 4.79 Å². The van der Waals surface area contributed by atoms with Crippen LogP contribution in [0.3, 0.4) is 0 Å². The maximum Gasteiger partial charge on any atom is 0.209 e. The summed E-state index contributed by atoms with van der Waals surface area (Å²) in [5.74, 6) is 0.591. The summed E-state index contributed by atoms with van der Waals surface area (Å²) < 4.78 is 10.3. The molecule has 0 spiro atoms. The highest BCUT2D eigenvalue weighted by Crippen LogP contribution is 2.35. The predicted molar refractivity (Wildman–Crippen MR) is 53.2 cm³/mol. The van der Waals surface area contributed by atoms with E-state index >= 15 is 0 Å². The Bertz CT molecular complexity index is 487. The number of carbonyl (C=O) groups is 1. The largest absolute Gasteiger partial charge is 0.492 e. The number of furan rings is 1. The van der Waals surface area contributed by atoms with Gasteiger partial charge in [0.15, 0.2) is 17.6 Å². The molecule has 0 amide bonds. The van der Waals surface area contributed by atoms with Gasteiger partial charge in [-0.2, -0.15) is 0 Å². The molecule has 72 valence electrons. The number of rotatable bonds is 2. The van der Waals surface area contributed by atoms with Crippen molar-refractivity contribution in [3.05, 3.63) is 29.0 Å². The van der Waals surface area contributed by atoms with Gasteiger partial charge in [-0.15, -0.1) is 0 Å². The quantitative estimate of drug-likeness (QED) is 0.716. The highest BCUT2D eigenvalue weighted by molar-refractivity contribution is 6.35. The Labute approximate surface area is 85.2 Å². The summed E-state index contributed by atoms with van der Waals surface area (Å²) in [6.45, 7) is 0. The second-order valence-corrected chi connectivity index (χ2v) is 3.14. The van der Waals surface area contributed by atoms with Crippen molar-refractivity contribution in [2.24, 2.45) is 0 Å². The summed E-state index contributed by atoms with van der Waals surface area (Å²) in [5.41, 5.74) is 0.480. The molecule has 2 rings (SSSR count). The van der Waals surface area contributed by atoms with E-state index in [1.165, 1.54) is 7.11 Å². The van der Waals surface area contributed by atoms with E-state index in [0.717, 1.165) is 0 Å². The lowest BCUT2D eigenvalue weighted by Crippen LogP contribution is -1.84. The summed E-state index contributed by atoms with van der Waals surface area (Å²) in [7, 11) is 1.48. The number of para-hydroxylation sites is 1. The van der Waals surface area contributed by atoms with Crippen molar-refractivity contribution in [3.63, 3.8) is 0 Å². The van der Waals surface area contributed by atoms with Gasteiger partial charge < -0.3 is 9.15 Å². The van der Waals surface area contributed by atoms with E-state index in [1.54, 1.807) is 18.2 Å². The van der Waals surface area contributed by atoms with E-state index in [2.05, 4.69) is 0 Å². The monoisotopic (exact) mass is 210 g/mol. The van der Waals surface area contributed by atoms with Crippen LogP contribution in [0.25, 0.3) is 11.0 Å². The number of fused-ring (bicyclic) bond motifs is 1. The van der Waals surface area contributed by atoms with E-state index in [4.69, 9.17) is 20.8 Å². The summed E-state index contributed by atoms with van der Waals surface area (Å²) in [4.78, 5) is 10.7. The Kier molecular flexibility index (Phi) is 2.17. The molecule has 0 unspecified atom stereocenters. The third kappa shape index (κ3) is 1.17. The highest BCUT2D eigenvalue weighted by Gasteiger charge is 2.15. The molecule has 1 heterocycles. The Hall–Kier alpha value is -1.48. The summed E-state index contributed by atoms with van der Waals surface area (Å²) in [6.07, 6.45) is 0.606. The van der Waals surface area contributed by atoms with Gasteiger partial charge in [0, 0.05) is 0 Å². The minimum atomic E-state index is 0.163. The van der Waals surface area contributed by atoms with Crippen LogP contribution in [-0.2, 0) is 0 Å². The average Bonchev–Trinajstić information content (AvgIpc) is 2.57. The van der Waals surface area contributed by atoms with E-state index in [0.29, 0.717) is 28.0 Å². The molecule has 14 heavy (non-hydrogen) atoms. The van der Waals surface area contributed by atoms with Crippen molar-refractivity contribution < 1.29 is 13.9 Å². The molecule has 0 saturated carbocycles. The van der Waals surface area contributed by atoms with Crippen LogP contribution in [0.2, 0.25) is 5.02 Å². The second kappa shape index (κ2) is 3.35. The Morgan fingerprint density at radius 3 is 2.93 bits per heavy atom. The molecule has 0 aliphatic rings. The highest BCUT2D eigenvalue weighted by atomic mass is 35.5. The van der Waals surface area contributed by atoms with E-state index in [1.807, 2.05) is 0 Å². The van der Waals surface area contributed by atoms with Crippen molar-refractivity contribution in [2.45, 2.75) is 0 Å². The molecule has 0 radical (unpaired) electrons. The van der Waals surface area contributed by atoms with Crippen molar-refractivity contribution in [3.8, 4) is 5.75 Å². The van der Waals surface area contributed by atoms with Crippen LogP contribution in [0.5, 0.6) is 5.75 Å². The number of aldehydes is 1. The van der Waals surface area contributed by atoms with Gasteiger partial charge in [-0.1, -0.05) is 17.7 Å². The molecule has 0 fully saturated rings. The van der Waals surface area contributed by atoms with Gasteiger partial charge in [0.2, 0.25) is 5.76 Å². The van der Waals surface area contributed by atoms with Gasteiger partial charge in [-0.3, -0.25) is 4.79 Å². The van der Waals surface area contributed by atoms with Crippen molar-refractivity contribution >= 4 is 28.9 Å². The summed E-state index contributed by atoms with van der Waals surface area (Å²) >= 11 is 5.89. The predicted octanol–water partition coefficient (Wildman–Crippen LogP) is 2.91. The van der Waals surface area contributed by atoms with Gasteiger partial charge >= 0.3 is 0 Å². The molecule has 1 aromatic heterocycles. The fraction of sp³-hybridized carbons (Fsp3) is 0.100. The van der Waals surface area contributed by atoms with Crippen molar-refractivity contribution in [1.82, 2.24) is 0 Å². The second-order valence-electron chi connectivity index (χ2n) is 2.73. The van der Waals surface area contributed by atoms with Crippen LogP contribution in [0, 0.1) is 0 Å². The lowest BCUT2D eigenvalue weighted by molar-refractivity contribution is 0.109. The first kappa shape index (κ1) is 9.09. The minimum absolute atomic E-state index is 0.163. The van der Waals surface area contributed by atoms with Gasteiger partial charge in [0.1, 0.15) is 0 Å². The van der Waals surface area contributed by atoms with Crippen LogP contribution in [0.1, 0.15) is 10.6 Å². The normalized spacial score (nSPS) is 10.4. The van der Waals surface area contributed by atoms with E-state index < -0.39 is 0 Å². The standard InChI is InChI=1S/C10H7ClO3/c1-13-10-6-3-2-4-7(11)9(6)14-8(10)5-12/h2-5H,1H3. The molecular formula is C10H7ClO3. The molecule has 2 aromatic rings. The summed E-state index contributed by atoms with van der Waals surface area (Å²) in [6, 6.07) is 5.26. The van der Waals surface area contributed by atoms with Gasteiger partial charge in [-0.05, 0) is 12.1 Å². The number of hydrogen-bond donors (Lipinski definition) is 0. The molecule has 4 heteroatoms. The average molecular weight is 211 g/mol. The van der Waals surface area contributed by atoms with Crippen LogP contribution in [-0.4, -0.2) is 13.4 Å². The number of carbonyl (C=O) groups excluding carboxylic acids is 1. The van der Waals surface area contributed by atoms with Crippen LogP contribution >= 0.6 is 11.6 Å². The topological polar surface area (TPSA) is 39.4 Å². The Morgan fingerprint density at radius 2 is 2.29 bits per heavy atom. The van der Waals surface area contributed by atoms with Crippen molar-refractivity contribution in [1.29, 1.82) is 0 Å². The Morgan fingerprint density at radius 1 is 1.50 bits per heavy atom. The molecule has 0 N–H and O–H groups in total. The minimum Gasteiger partial charge on any atom is -0.492 e. The zero-order valence-electron chi connectivity index (χ0n) is 7.41. The molecule has 1 aromatic carbocycles. The van der Waals surface area contributed by atoms with Crippen LogP contribution in [0.15, 0.2) is 22.6 Å². The molecule has 0 bridgehead atoms. The lowest BCUT2D eigenvalue weighted by Gasteiger charge is -1.95. The molecule has 0 aliphatic heterocycles. The molecule has 0 atom stereocenters. The fourth-order valence-corrected chi connectivity index (χ4v) is 1.58. The number of benzene rings is 1.